The molecule has 1 N–H and O–H groups in total. The highest BCUT2D eigenvalue weighted by atomic mass is 16.5. The molecule has 0 spiro atoms. The van der Waals surface area contributed by atoms with Gasteiger partial charge in [0, 0.05) is 35.9 Å². The second kappa shape index (κ2) is 8.99. The van der Waals surface area contributed by atoms with Gasteiger partial charge < -0.3 is 19.7 Å². The number of likely N-dealkylation sites (tertiary alicyclic amines) is 1. The lowest BCUT2D eigenvalue weighted by Crippen LogP contribution is -2.21. The van der Waals surface area contributed by atoms with Crippen LogP contribution in [0.1, 0.15) is 50.3 Å². The molecule has 4 rings (SSSR count). The SMILES string of the molecule is CCNc1c2c(nc3cc(OCCCN4CCCC4)c(OC)cc13)CCCC2. The number of aromatic nitrogens is 1. The first-order valence-corrected chi connectivity index (χ1v) is 10.9. The zero-order valence-electron chi connectivity index (χ0n) is 17.4. The number of pyridine rings is 1. The summed E-state index contributed by atoms with van der Waals surface area (Å²) in [5.41, 5.74) is 4.88. The van der Waals surface area contributed by atoms with Crippen molar-refractivity contribution in [1.82, 2.24) is 9.88 Å². The summed E-state index contributed by atoms with van der Waals surface area (Å²) in [5.74, 6) is 1.60. The molecule has 0 atom stereocenters. The van der Waals surface area contributed by atoms with Gasteiger partial charge in [-0.3, -0.25) is 4.98 Å². The normalized spacial score (nSPS) is 16.9. The van der Waals surface area contributed by atoms with Gasteiger partial charge in [0.05, 0.1) is 19.2 Å². The van der Waals surface area contributed by atoms with Gasteiger partial charge in [-0.25, -0.2) is 0 Å². The Bertz CT molecular complexity index is 815. The van der Waals surface area contributed by atoms with Crippen molar-refractivity contribution >= 4 is 16.6 Å². The Morgan fingerprint density at radius 2 is 1.89 bits per heavy atom. The molecule has 2 aliphatic rings. The molecule has 28 heavy (non-hydrogen) atoms. The van der Waals surface area contributed by atoms with Crippen LogP contribution in [0.5, 0.6) is 11.5 Å². The summed E-state index contributed by atoms with van der Waals surface area (Å²) in [6.07, 6.45) is 8.37. The van der Waals surface area contributed by atoms with E-state index >= 15 is 0 Å². The molecule has 1 fully saturated rings. The Morgan fingerprint density at radius 3 is 2.68 bits per heavy atom. The van der Waals surface area contributed by atoms with Crippen molar-refractivity contribution in [2.45, 2.75) is 51.9 Å². The molecule has 1 aromatic heterocycles. The molecule has 2 heterocycles. The van der Waals surface area contributed by atoms with Gasteiger partial charge in [0.1, 0.15) is 0 Å². The molecular weight excluding hydrogens is 350 g/mol. The van der Waals surface area contributed by atoms with Gasteiger partial charge in [-0.05, 0) is 76.6 Å². The Labute approximate surface area is 168 Å². The third-order valence-electron chi connectivity index (χ3n) is 5.98. The van der Waals surface area contributed by atoms with Crippen LogP contribution in [0.3, 0.4) is 0 Å². The number of rotatable bonds is 8. The summed E-state index contributed by atoms with van der Waals surface area (Å²) in [6, 6.07) is 4.17. The monoisotopic (exact) mass is 383 g/mol. The Balaban J connectivity index is 1.58. The van der Waals surface area contributed by atoms with Crippen molar-refractivity contribution in [3.05, 3.63) is 23.4 Å². The number of ether oxygens (including phenoxy) is 2. The lowest BCUT2D eigenvalue weighted by molar-refractivity contribution is 0.254. The second-order valence-electron chi connectivity index (χ2n) is 7.92. The van der Waals surface area contributed by atoms with Crippen LogP contribution in [0.4, 0.5) is 5.69 Å². The Kier molecular flexibility index (Phi) is 6.20. The predicted octanol–water partition coefficient (Wildman–Crippen LogP) is 4.42. The van der Waals surface area contributed by atoms with E-state index in [2.05, 4.69) is 29.3 Å². The van der Waals surface area contributed by atoms with Crippen LogP contribution in [-0.4, -0.2) is 49.8 Å². The topological polar surface area (TPSA) is 46.6 Å². The molecule has 0 unspecified atom stereocenters. The standard InChI is InChI=1S/C23H33N3O2/c1-3-24-23-17-9-4-5-10-19(17)25-20-16-22(21(27-2)15-18(20)23)28-14-8-13-26-11-6-7-12-26/h15-16H,3-14H2,1-2H3,(H,24,25). The lowest BCUT2D eigenvalue weighted by Gasteiger charge is -2.22. The fraction of sp³-hybridized carbons (Fsp3) is 0.609. The fourth-order valence-corrected chi connectivity index (χ4v) is 4.56. The van der Waals surface area contributed by atoms with E-state index in [9.17, 15) is 0 Å². The van der Waals surface area contributed by atoms with Crippen LogP contribution in [0.15, 0.2) is 12.1 Å². The minimum atomic E-state index is 0.712. The summed E-state index contributed by atoms with van der Waals surface area (Å²) in [5, 5.41) is 4.73. The number of hydrogen-bond acceptors (Lipinski definition) is 5. The van der Waals surface area contributed by atoms with E-state index in [1.54, 1.807) is 7.11 Å². The number of nitrogens with one attached hydrogen (secondary N) is 1. The molecule has 5 heteroatoms. The van der Waals surface area contributed by atoms with E-state index in [0.717, 1.165) is 54.8 Å². The van der Waals surface area contributed by atoms with Crippen LogP contribution in [0.25, 0.3) is 10.9 Å². The summed E-state index contributed by atoms with van der Waals surface area (Å²) >= 11 is 0. The van der Waals surface area contributed by atoms with E-state index < -0.39 is 0 Å². The average Bonchev–Trinajstić information content (AvgIpc) is 3.24. The molecule has 1 saturated heterocycles. The summed E-state index contributed by atoms with van der Waals surface area (Å²) in [4.78, 5) is 7.53. The quantitative estimate of drug-likeness (QED) is 0.684. The number of fused-ring (bicyclic) bond motifs is 2. The minimum Gasteiger partial charge on any atom is -0.493 e. The highest BCUT2D eigenvalue weighted by Crippen LogP contribution is 2.39. The van der Waals surface area contributed by atoms with E-state index in [4.69, 9.17) is 14.5 Å². The van der Waals surface area contributed by atoms with Crippen molar-refractivity contribution in [3.63, 3.8) is 0 Å². The molecule has 0 radical (unpaired) electrons. The smallest absolute Gasteiger partial charge is 0.163 e. The van der Waals surface area contributed by atoms with E-state index in [-0.39, 0.29) is 0 Å². The van der Waals surface area contributed by atoms with Gasteiger partial charge in [-0.15, -0.1) is 0 Å². The van der Waals surface area contributed by atoms with Gasteiger partial charge in [-0.2, -0.15) is 0 Å². The average molecular weight is 384 g/mol. The van der Waals surface area contributed by atoms with Gasteiger partial charge in [0.2, 0.25) is 0 Å². The van der Waals surface area contributed by atoms with Crippen LogP contribution in [-0.2, 0) is 12.8 Å². The maximum Gasteiger partial charge on any atom is 0.163 e. The zero-order chi connectivity index (χ0) is 19.3. The van der Waals surface area contributed by atoms with Crippen molar-refractivity contribution in [1.29, 1.82) is 0 Å². The first-order valence-electron chi connectivity index (χ1n) is 10.9. The van der Waals surface area contributed by atoms with Crippen molar-refractivity contribution in [3.8, 4) is 11.5 Å². The number of benzene rings is 1. The number of aryl methyl sites for hydroxylation is 1. The first-order chi connectivity index (χ1) is 13.8. The molecule has 1 aliphatic heterocycles. The number of anilines is 1. The molecule has 152 valence electrons. The van der Waals surface area contributed by atoms with Crippen LogP contribution < -0.4 is 14.8 Å². The summed E-state index contributed by atoms with van der Waals surface area (Å²) in [6.45, 7) is 7.36. The largest absolute Gasteiger partial charge is 0.493 e. The van der Waals surface area contributed by atoms with Crippen LogP contribution in [0.2, 0.25) is 0 Å². The first kappa shape index (κ1) is 19.3. The predicted molar refractivity (Wildman–Crippen MR) is 115 cm³/mol. The highest BCUT2D eigenvalue weighted by molar-refractivity contribution is 5.95. The number of methoxy groups -OCH3 is 1. The number of hydrogen-bond donors (Lipinski definition) is 1. The van der Waals surface area contributed by atoms with Crippen molar-refractivity contribution < 1.29 is 9.47 Å². The molecule has 0 bridgehead atoms. The van der Waals surface area contributed by atoms with E-state index in [0.29, 0.717) is 6.61 Å². The van der Waals surface area contributed by atoms with E-state index in [1.807, 2.05) is 0 Å². The number of nitrogens with zero attached hydrogens (tertiary/aromatic N) is 2. The third-order valence-corrected chi connectivity index (χ3v) is 5.98. The highest BCUT2D eigenvalue weighted by Gasteiger charge is 2.20. The second-order valence-corrected chi connectivity index (χ2v) is 7.92. The zero-order valence-corrected chi connectivity index (χ0v) is 17.4. The molecular formula is C23H33N3O2. The molecule has 1 aliphatic carbocycles. The summed E-state index contributed by atoms with van der Waals surface area (Å²) < 4.78 is 11.8. The maximum atomic E-state index is 6.13. The van der Waals surface area contributed by atoms with Gasteiger partial charge >= 0.3 is 0 Å². The molecule has 1 aromatic carbocycles. The van der Waals surface area contributed by atoms with E-state index in [1.165, 1.54) is 55.7 Å². The van der Waals surface area contributed by atoms with Gasteiger partial charge in [-0.1, -0.05) is 0 Å². The molecule has 0 amide bonds. The van der Waals surface area contributed by atoms with Gasteiger partial charge in [0.15, 0.2) is 11.5 Å². The maximum absolute atomic E-state index is 6.13. The fourth-order valence-electron chi connectivity index (χ4n) is 4.56. The Morgan fingerprint density at radius 1 is 1.07 bits per heavy atom. The summed E-state index contributed by atoms with van der Waals surface area (Å²) in [7, 11) is 1.72. The molecule has 2 aromatic rings. The van der Waals surface area contributed by atoms with Crippen molar-refractivity contribution in [2.24, 2.45) is 0 Å². The van der Waals surface area contributed by atoms with Crippen LogP contribution in [0, 0.1) is 0 Å². The molecule has 0 saturated carbocycles. The molecule has 5 nitrogen and oxygen atoms in total. The van der Waals surface area contributed by atoms with Crippen molar-refractivity contribution in [2.75, 3.05) is 45.2 Å². The minimum absolute atomic E-state index is 0.712. The Hall–Kier alpha value is -2.01. The lowest BCUT2D eigenvalue weighted by atomic mass is 9.92. The van der Waals surface area contributed by atoms with Gasteiger partial charge in [0.25, 0.3) is 0 Å². The third kappa shape index (κ3) is 4.04. The van der Waals surface area contributed by atoms with Crippen LogP contribution >= 0.6 is 0 Å².